The Morgan fingerprint density at radius 2 is 2.00 bits per heavy atom. The van der Waals surface area contributed by atoms with Gasteiger partial charge >= 0.3 is 0 Å². The number of hydrogen-bond acceptors (Lipinski definition) is 3. The van der Waals surface area contributed by atoms with Gasteiger partial charge in [-0.15, -0.1) is 0 Å². The van der Waals surface area contributed by atoms with Gasteiger partial charge in [0.2, 0.25) is 0 Å². The van der Waals surface area contributed by atoms with Crippen molar-refractivity contribution in [1.29, 1.82) is 0 Å². The van der Waals surface area contributed by atoms with Crippen LogP contribution in [0.1, 0.15) is 23.6 Å². The molecule has 1 aliphatic rings. The Hall–Kier alpha value is -1.52. The fourth-order valence-corrected chi connectivity index (χ4v) is 2.99. The lowest BCUT2D eigenvalue weighted by molar-refractivity contribution is 0.274. The van der Waals surface area contributed by atoms with Gasteiger partial charge in [0.1, 0.15) is 5.75 Å². The Bertz CT molecular complexity index is 613. The molecule has 0 radical (unpaired) electrons. The van der Waals surface area contributed by atoms with Gasteiger partial charge in [0, 0.05) is 28.8 Å². The first-order chi connectivity index (χ1) is 10.3. The van der Waals surface area contributed by atoms with Gasteiger partial charge in [-0.2, -0.15) is 0 Å². The summed E-state index contributed by atoms with van der Waals surface area (Å²) in [7, 11) is 0. The van der Waals surface area contributed by atoms with Crippen LogP contribution >= 0.6 is 15.9 Å². The molecule has 1 unspecified atom stereocenters. The van der Waals surface area contributed by atoms with Crippen molar-refractivity contribution in [2.24, 2.45) is 0 Å². The van der Waals surface area contributed by atoms with Crippen molar-refractivity contribution >= 4 is 21.6 Å². The van der Waals surface area contributed by atoms with Gasteiger partial charge in [0.25, 0.3) is 0 Å². The van der Waals surface area contributed by atoms with E-state index in [1.807, 2.05) is 12.1 Å². The summed E-state index contributed by atoms with van der Waals surface area (Å²) in [4.78, 5) is 0. The largest absolute Gasteiger partial charge is 0.493 e. The molecule has 21 heavy (non-hydrogen) atoms. The summed E-state index contributed by atoms with van der Waals surface area (Å²) in [6.45, 7) is 0.920. The zero-order chi connectivity index (χ0) is 14.7. The molecule has 0 aliphatic carbocycles. The maximum atomic E-state index is 8.95. The Morgan fingerprint density at radius 3 is 2.76 bits per heavy atom. The lowest BCUT2D eigenvalue weighted by Gasteiger charge is -2.27. The highest BCUT2D eigenvalue weighted by molar-refractivity contribution is 9.10. The van der Waals surface area contributed by atoms with Crippen molar-refractivity contribution in [2.45, 2.75) is 18.9 Å². The average molecular weight is 348 g/mol. The fraction of sp³-hybridized carbons (Fsp3) is 0.294. The number of nitrogens with one attached hydrogen (secondary N) is 1. The van der Waals surface area contributed by atoms with E-state index in [0.29, 0.717) is 6.42 Å². The molecule has 2 aromatic carbocycles. The highest BCUT2D eigenvalue weighted by Gasteiger charge is 2.21. The third-order valence-corrected chi connectivity index (χ3v) is 4.20. The molecule has 3 nitrogen and oxygen atoms in total. The molecule has 0 bridgehead atoms. The topological polar surface area (TPSA) is 41.5 Å². The molecule has 0 aromatic heterocycles. The minimum Gasteiger partial charge on any atom is -0.493 e. The van der Waals surface area contributed by atoms with Crippen LogP contribution in [0.25, 0.3) is 0 Å². The first-order valence-electron chi connectivity index (χ1n) is 7.15. The summed E-state index contributed by atoms with van der Waals surface area (Å²) in [5.41, 5.74) is 3.43. The molecule has 3 rings (SSSR count). The average Bonchev–Trinajstić information content (AvgIpc) is 2.50. The molecular formula is C17H18BrNO2. The summed E-state index contributed by atoms with van der Waals surface area (Å²) >= 11 is 3.52. The lowest BCUT2D eigenvalue weighted by Crippen LogP contribution is -2.20. The smallest absolute Gasteiger partial charge is 0.124 e. The minimum atomic E-state index is 0.189. The number of benzene rings is 2. The first kappa shape index (κ1) is 14.4. The Balaban J connectivity index is 1.78. The third kappa shape index (κ3) is 3.39. The van der Waals surface area contributed by atoms with E-state index in [9.17, 15) is 0 Å². The van der Waals surface area contributed by atoms with E-state index in [0.717, 1.165) is 34.5 Å². The molecule has 1 heterocycles. The molecule has 0 spiro atoms. The van der Waals surface area contributed by atoms with Gasteiger partial charge in [-0.1, -0.05) is 28.1 Å². The number of anilines is 1. The van der Waals surface area contributed by atoms with Crippen molar-refractivity contribution in [3.63, 3.8) is 0 Å². The van der Waals surface area contributed by atoms with Gasteiger partial charge in [-0.05, 0) is 42.3 Å². The van der Waals surface area contributed by atoms with E-state index in [4.69, 9.17) is 9.84 Å². The van der Waals surface area contributed by atoms with Crippen LogP contribution < -0.4 is 10.1 Å². The van der Waals surface area contributed by atoms with E-state index in [1.54, 1.807) is 0 Å². The number of hydrogen-bond donors (Lipinski definition) is 2. The zero-order valence-electron chi connectivity index (χ0n) is 11.7. The normalized spacial score (nSPS) is 17.0. The predicted molar refractivity (Wildman–Crippen MR) is 87.8 cm³/mol. The number of aliphatic hydroxyl groups excluding tert-OH is 1. The standard InChI is InChI=1S/C17H18BrNO2/c18-13-3-6-17-15(11-13)16(8-10-21-17)19-14-4-1-12(2-5-14)7-9-20/h1-6,11,16,19-20H,7-10H2. The summed E-state index contributed by atoms with van der Waals surface area (Å²) in [5.74, 6) is 0.957. The molecule has 0 saturated heterocycles. The first-order valence-corrected chi connectivity index (χ1v) is 7.94. The van der Waals surface area contributed by atoms with Crippen molar-refractivity contribution in [1.82, 2.24) is 0 Å². The molecule has 1 aliphatic heterocycles. The second kappa shape index (κ2) is 6.50. The molecule has 0 amide bonds. The van der Waals surface area contributed by atoms with Gasteiger partial charge in [-0.25, -0.2) is 0 Å². The summed E-state index contributed by atoms with van der Waals surface area (Å²) in [6.07, 6.45) is 1.65. The molecule has 0 fully saturated rings. The lowest BCUT2D eigenvalue weighted by atomic mass is 10.00. The number of halogens is 1. The van der Waals surface area contributed by atoms with Crippen LogP contribution in [0.15, 0.2) is 46.9 Å². The van der Waals surface area contributed by atoms with Crippen LogP contribution in [-0.4, -0.2) is 18.3 Å². The monoisotopic (exact) mass is 347 g/mol. The van der Waals surface area contributed by atoms with E-state index < -0.39 is 0 Å². The second-order valence-electron chi connectivity index (χ2n) is 5.19. The van der Waals surface area contributed by atoms with Crippen molar-refractivity contribution in [3.05, 3.63) is 58.1 Å². The van der Waals surface area contributed by atoms with Crippen LogP contribution in [0.2, 0.25) is 0 Å². The van der Waals surface area contributed by atoms with E-state index in [2.05, 4.69) is 51.6 Å². The maximum Gasteiger partial charge on any atom is 0.124 e. The highest BCUT2D eigenvalue weighted by atomic mass is 79.9. The molecule has 4 heteroatoms. The van der Waals surface area contributed by atoms with Gasteiger partial charge < -0.3 is 15.2 Å². The van der Waals surface area contributed by atoms with Crippen molar-refractivity contribution < 1.29 is 9.84 Å². The van der Waals surface area contributed by atoms with Crippen molar-refractivity contribution in [2.75, 3.05) is 18.5 Å². The van der Waals surface area contributed by atoms with E-state index in [1.165, 1.54) is 5.56 Å². The number of rotatable bonds is 4. The Kier molecular flexibility index (Phi) is 4.46. The molecule has 2 N–H and O–H groups in total. The molecular weight excluding hydrogens is 330 g/mol. The molecule has 0 saturated carbocycles. The highest BCUT2D eigenvalue weighted by Crippen LogP contribution is 2.36. The van der Waals surface area contributed by atoms with Crippen LogP contribution in [0.4, 0.5) is 5.69 Å². The summed E-state index contributed by atoms with van der Waals surface area (Å²) in [6, 6.07) is 14.6. The predicted octanol–water partition coefficient (Wildman–Crippen LogP) is 3.92. The van der Waals surface area contributed by atoms with E-state index >= 15 is 0 Å². The quantitative estimate of drug-likeness (QED) is 0.880. The maximum absolute atomic E-state index is 8.95. The summed E-state index contributed by atoms with van der Waals surface area (Å²) < 4.78 is 6.78. The second-order valence-corrected chi connectivity index (χ2v) is 6.10. The van der Waals surface area contributed by atoms with Crippen LogP contribution in [0, 0.1) is 0 Å². The Labute approximate surface area is 133 Å². The van der Waals surface area contributed by atoms with E-state index in [-0.39, 0.29) is 12.6 Å². The zero-order valence-corrected chi connectivity index (χ0v) is 13.3. The number of aliphatic hydroxyl groups is 1. The molecule has 2 aromatic rings. The SMILES string of the molecule is OCCc1ccc(NC2CCOc3ccc(Br)cc32)cc1. The number of ether oxygens (including phenoxy) is 1. The molecule has 110 valence electrons. The summed E-state index contributed by atoms with van der Waals surface area (Å²) in [5, 5.41) is 12.5. The van der Waals surface area contributed by atoms with Crippen LogP contribution in [0.3, 0.4) is 0 Å². The minimum absolute atomic E-state index is 0.189. The molecule has 1 atom stereocenters. The Morgan fingerprint density at radius 1 is 1.19 bits per heavy atom. The van der Waals surface area contributed by atoms with Gasteiger partial charge in [0.15, 0.2) is 0 Å². The third-order valence-electron chi connectivity index (χ3n) is 3.71. The van der Waals surface area contributed by atoms with Gasteiger partial charge in [0.05, 0.1) is 12.6 Å². The van der Waals surface area contributed by atoms with Crippen molar-refractivity contribution in [3.8, 4) is 5.75 Å². The fourth-order valence-electron chi connectivity index (χ4n) is 2.61. The van der Waals surface area contributed by atoms with Crippen LogP contribution in [-0.2, 0) is 6.42 Å². The van der Waals surface area contributed by atoms with Crippen LogP contribution in [0.5, 0.6) is 5.75 Å². The number of fused-ring (bicyclic) bond motifs is 1. The van der Waals surface area contributed by atoms with Gasteiger partial charge in [-0.3, -0.25) is 0 Å².